The summed E-state index contributed by atoms with van der Waals surface area (Å²) >= 11 is 0. The molecule has 4 rings (SSSR count). The molecule has 1 amide bonds. The molecule has 0 radical (unpaired) electrons. The van der Waals surface area contributed by atoms with Crippen molar-refractivity contribution in [3.63, 3.8) is 0 Å². The predicted molar refractivity (Wildman–Crippen MR) is 114 cm³/mol. The van der Waals surface area contributed by atoms with Crippen LogP contribution < -0.4 is 5.32 Å². The van der Waals surface area contributed by atoms with Gasteiger partial charge in [-0.05, 0) is 61.3 Å². The minimum atomic E-state index is 0.157. The molecule has 29 heavy (non-hydrogen) atoms. The van der Waals surface area contributed by atoms with Crippen molar-refractivity contribution in [3.8, 4) is 11.1 Å². The molecule has 5 nitrogen and oxygen atoms in total. The van der Waals surface area contributed by atoms with Gasteiger partial charge in [0.25, 0.3) is 0 Å². The second-order valence-electron chi connectivity index (χ2n) is 7.94. The van der Waals surface area contributed by atoms with Crippen molar-refractivity contribution in [2.45, 2.75) is 44.4 Å². The van der Waals surface area contributed by atoms with Crippen molar-refractivity contribution in [3.05, 3.63) is 72.3 Å². The van der Waals surface area contributed by atoms with Crippen LogP contribution in [0.4, 0.5) is 0 Å². The molecule has 1 fully saturated rings. The lowest BCUT2D eigenvalue weighted by Gasteiger charge is -2.28. The van der Waals surface area contributed by atoms with Gasteiger partial charge >= 0.3 is 0 Å². The van der Waals surface area contributed by atoms with Gasteiger partial charge in [-0.2, -0.15) is 5.10 Å². The van der Waals surface area contributed by atoms with Crippen LogP contribution in [0, 0.1) is 5.92 Å². The lowest BCUT2D eigenvalue weighted by molar-refractivity contribution is -0.121. The summed E-state index contributed by atoms with van der Waals surface area (Å²) in [5.41, 5.74) is 4.80. The highest BCUT2D eigenvalue weighted by atomic mass is 16.1. The molecular weight excluding hydrogens is 360 g/mol. The fourth-order valence-electron chi connectivity index (χ4n) is 4.27. The van der Waals surface area contributed by atoms with Crippen LogP contribution in [-0.4, -0.2) is 27.6 Å². The van der Waals surface area contributed by atoms with E-state index in [1.165, 1.54) is 16.8 Å². The van der Waals surface area contributed by atoms with Crippen LogP contribution >= 0.6 is 0 Å². The van der Waals surface area contributed by atoms with Crippen LogP contribution in [0.5, 0.6) is 0 Å². The number of aromatic amines is 1. The Labute approximate surface area is 172 Å². The average Bonchev–Trinajstić information content (AvgIpc) is 3.28. The first-order valence-electron chi connectivity index (χ1n) is 10.5. The van der Waals surface area contributed by atoms with Gasteiger partial charge < -0.3 is 5.32 Å². The van der Waals surface area contributed by atoms with Gasteiger partial charge in [0.05, 0.1) is 6.20 Å². The van der Waals surface area contributed by atoms with Gasteiger partial charge in [0, 0.05) is 42.5 Å². The van der Waals surface area contributed by atoms with E-state index < -0.39 is 0 Å². The van der Waals surface area contributed by atoms with Crippen LogP contribution in [0.1, 0.15) is 49.3 Å². The van der Waals surface area contributed by atoms with Crippen molar-refractivity contribution in [2.24, 2.45) is 5.92 Å². The van der Waals surface area contributed by atoms with E-state index in [2.05, 4.69) is 32.6 Å². The Balaban J connectivity index is 1.23. The van der Waals surface area contributed by atoms with E-state index in [1.807, 2.05) is 48.9 Å². The van der Waals surface area contributed by atoms with Crippen molar-refractivity contribution >= 4 is 5.91 Å². The highest BCUT2D eigenvalue weighted by Gasteiger charge is 2.25. The third-order valence-electron chi connectivity index (χ3n) is 5.99. The third-order valence-corrected chi connectivity index (χ3v) is 5.99. The number of aromatic nitrogens is 3. The minimum Gasteiger partial charge on any atom is -0.356 e. The zero-order chi connectivity index (χ0) is 19.9. The van der Waals surface area contributed by atoms with Crippen LogP contribution in [0.25, 0.3) is 11.1 Å². The molecule has 2 N–H and O–H groups in total. The Bertz CT molecular complexity index is 899. The summed E-state index contributed by atoms with van der Waals surface area (Å²) in [7, 11) is 0. The summed E-state index contributed by atoms with van der Waals surface area (Å²) in [6, 6.07) is 14.3. The molecule has 3 aromatic rings. The quantitative estimate of drug-likeness (QED) is 0.626. The number of amides is 1. The van der Waals surface area contributed by atoms with Crippen molar-refractivity contribution in [1.29, 1.82) is 0 Å². The monoisotopic (exact) mass is 388 g/mol. The summed E-state index contributed by atoms with van der Waals surface area (Å²) in [5.74, 6) is 1.23. The van der Waals surface area contributed by atoms with E-state index in [0.29, 0.717) is 18.3 Å². The molecule has 1 aromatic carbocycles. The number of nitrogens with one attached hydrogen (secondary N) is 2. The summed E-state index contributed by atoms with van der Waals surface area (Å²) in [6.45, 7) is 0.792. The molecule has 1 aliphatic rings. The highest BCUT2D eigenvalue weighted by molar-refractivity contribution is 5.76. The minimum absolute atomic E-state index is 0.157. The second-order valence-corrected chi connectivity index (χ2v) is 7.94. The number of H-pyrrole nitrogens is 1. The second kappa shape index (κ2) is 9.50. The van der Waals surface area contributed by atoms with E-state index in [1.54, 1.807) is 0 Å². The van der Waals surface area contributed by atoms with E-state index in [4.69, 9.17) is 0 Å². The lowest BCUT2D eigenvalue weighted by atomic mass is 9.79. The van der Waals surface area contributed by atoms with E-state index >= 15 is 0 Å². The number of carbonyl (C=O) groups excluding carboxylic acids is 1. The van der Waals surface area contributed by atoms with Gasteiger partial charge in [-0.1, -0.05) is 30.3 Å². The predicted octanol–water partition coefficient (Wildman–Crippen LogP) is 4.49. The van der Waals surface area contributed by atoms with Gasteiger partial charge in [-0.15, -0.1) is 0 Å². The SMILES string of the molecule is O=C(CCc1ccccc1)NCC1CCC(c2[nH]ncc2-c2ccncc2)CC1. The Morgan fingerprint density at radius 1 is 1.03 bits per heavy atom. The molecule has 5 heteroatoms. The molecule has 0 spiro atoms. The maximum absolute atomic E-state index is 12.2. The van der Waals surface area contributed by atoms with Gasteiger partial charge in [-0.3, -0.25) is 14.9 Å². The molecular formula is C24H28N4O. The first-order chi connectivity index (χ1) is 14.3. The Hall–Kier alpha value is -2.95. The number of aryl methyl sites for hydroxylation is 1. The lowest BCUT2D eigenvalue weighted by Crippen LogP contribution is -2.31. The van der Waals surface area contributed by atoms with E-state index in [-0.39, 0.29) is 5.91 Å². The maximum atomic E-state index is 12.2. The molecule has 150 valence electrons. The zero-order valence-electron chi connectivity index (χ0n) is 16.7. The Kier molecular flexibility index (Phi) is 6.35. The summed E-state index contributed by atoms with van der Waals surface area (Å²) in [4.78, 5) is 16.3. The zero-order valence-corrected chi connectivity index (χ0v) is 16.7. The van der Waals surface area contributed by atoms with Crippen molar-refractivity contribution < 1.29 is 4.79 Å². The van der Waals surface area contributed by atoms with Gasteiger partial charge in [0.2, 0.25) is 5.91 Å². The molecule has 2 heterocycles. The molecule has 1 saturated carbocycles. The molecule has 0 saturated heterocycles. The number of pyridine rings is 1. The number of hydrogen-bond donors (Lipinski definition) is 2. The Morgan fingerprint density at radius 3 is 2.55 bits per heavy atom. The smallest absolute Gasteiger partial charge is 0.220 e. The molecule has 0 bridgehead atoms. The van der Waals surface area contributed by atoms with Crippen LogP contribution in [-0.2, 0) is 11.2 Å². The fraction of sp³-hybridized carbons (Fsp3) is 0.375. The molecule has 2 aromatic heterocycles. The van der Waals surface area contributed by atoms with Crippen LogP contribution in [0.2, 0.25) is 0 Å². The molecule has 0 atom stereocenters. The van der Waals surface area contributed by atoms with Crippen molar-refractivity contribution in [1.82, 2.24) is 20.5 Å². The molecule has 0 unspecified atom stereocenters. The summed E-state index contributed by atoms with van der Waals surface area (Å²) < 4.78 is 0. The van der Waals surface area contributed by atoms with Crippen molar-refractivity contribution in [2.75, 3.05) is 6.54 Å². The van der Waals surface area contributed by atoms with Crippen LogP contribution in [0.15, 0.2) is 61.1 Å². The average molecular weight is 389 g/mol. The normalized spacial score (nSPS) is 19.0. The number of rotatable bonds is 7. The molecule has 1 aliphatic carbocycles. The number of benzene rings is 1. The number of nitrogens with zero attached hydrogens (tertiary/aromatic N) is 2. The van der Waals surface area contributed by atoms with E-state index in [9.17, 15) is 4.79 Å². The summed E-state index contributed by atoms with van der Waals surface area (Å²) in [5, 5.41) is 10.7. The first kappa shape index (κ1) is 19.4. The maximum Gasteiger partial charge on any atom is 0.220 e. The molecule has 0 aliphatic heterocycles. The standard InChI is InChI=1S/C24H28N4O/c29-23(11-8-18-4-2-1-3-5-18)26-16-19-6-9-21(10-7-19)24-22(17-27-28-24)20-12-14-25-15-13-20/h1-5,12-15,17,19,21H,6-11,16H2,(H,26,29)(H,27,28). The van der Waals surface area contributed by atoms with Crippen LogP contribution in [0.3, 0.4) is 0 Å². The highest BCUT2D eigenvalue weighted by Crippen LogP contribution is 2.38. The first-order valence-corrected chi connectivity index (χ1v) is 10.5. The third kappa shape index (κ3) is 5.11. The van der Waals surface area contributed by atoms with E-state index in [0.717, 1.165) is 44.2 Å². The fourth-order valence-corrected chi connectivity index (χ4v) is 4.27. The summed E-state index contributed by atoms with van der Waals surface area (Å²) in [6.07, 6.45) is 11.5. The Morgan fingerprint density at radius 2 is 1.79 bits per heavy atom. The number of hydrogen-bond acceptors (Lipinski definition) is 3. The van der Waals surface area contributed by atoms with Gasteiger partial charge in [0.15, 0.2) is 0 Å². The topological polar surface area (TPSA) is 70.7 Å². The number of carbonyl (C=O) groups is 1. The largest absolute Gasteiger partial charge is 0.356 e. The van der Waals surface area contributed by atoms with Gasteiger partial charge in [-0.25, -0.2) is 0 Å². The van der Waals surface area contributed by atoms with Gasteiger partial charge in [0.1, 0.15) is 0 Å².